The molecule has 1 aliphatic carbocycles. The number of nitro groups is 1. The molecule has 1 saturated carbocycles. The van der Waals surface area contributed by atoms with Gasteiger partial charge in [0.25, 0.3) is 0 Å². The smallest absolute Gasteiger partial charge is 0.301 e. The van der Waals surface area contributed by atoms with Crippen molar-refractivity contribution in [3.8, 4) is 0 Å². The Hall–Kier alpha value is -1.34. The summed E-state index contributed by atoms with van der Waals surface area (Å²) in [7, 11) is 0. The van der Waals surface area contributed by atoms with Crippen LogP contribution >= 0.6 is 11.8 Å². The molecule has 1 heterocycles. The van der Waals surface area contributed by atoms with E-state index in [0.29, 0.717) is 16.1 Å². The van der Waals surface area contributed by atoms with Gasteiger partial charge < -0.3 is 5.43 Å². The van der Waals surface area contributed by atoms with Crippen molar-refractivity contribution in [2.75, 3.05) is 5.43 Å². The number of nitrogens with one attached hydrogen (secondary N) is 1. The number of hydrogen-bond acceptors (Lipinski definition) is 6. The summed E-state index contributed by atoms with van der Waals surface area (Å²) in [6, 6.07) is 2.97. The molecule has 0 saturated heterocycles. The molecule has 0 bridgehead atoms. The second-order valence-electron chi connectivity index (χ2n) is 4.30. The number of rotatable bonds is 4. The van der Waals surface area contributed by atoms with E-state index in [9.17, 15) is 10.1 Å². The zero-order valence-electron chi connectivity index (χ0n) is 9.96. The molecule has 0 radical (unpaired) electrons. The molecule has 0 aromatic carbocycles. The number of anilines is 1. The van der Waals surface area contributed by atoms with Gasteiger partial charge in [-0.05, 0) is 18.9 Å². The Morgan fingerprint density at radius 2 is 2.11 bits per heavy atom. The number of nitrogens with two attached hydrogens (primary N) is 1. The van der Waals surface area contributed by atoms with Gasteiger partial charge in [-0.15, -0.1) is 0 Å². The first kappa shape index (κ1) is 13.1. The van der Waals surface area contributed by atoms with Gasteiger partial charge in [0.2, 0.25) is 0 Å². The fourth-order valence-corrected chi connectivity index (χ4v) is 3.38. The van der Waals surface area contributed by atoms with Crippen molar-refractivity contribution in [2.24, 2.45) is 5.84 Å². The van der Waals surface area contributed by atoms with Crippen LogP contribution in [0.4, 0.5) is 11.5 Å². The van der Waals surface area contributed by atoms with E-state index in [4.69, 9.17) is 5.84 Å². The molecule has 18 heavy (non-hydrogen) atoms. The van der Waals surface area contributed by atoms with Crippen LogP contribution in [0, 0.1) is 10.1 Å². The van der Waals surface area contributed by atoms with Crippen molar-refractivity contribution in [3.05, 3.63) is 22.2 Å². The van der Waals surface area contributed by atoms with Crippen molar-refractivity contribution in [2.45, 2.75) is 42.4 Å². The highest BCUT2D eigenvalue weighted by Gasteiger charge is 2.22. The quantitative estimate of drug-likeness (QED) is 0.495. The molecule has 98 valence electrons. The lowest BCUT2D eigenvalue weighted by Crippen LogP contribution is -2.11. The highest BCUT2D eigenvalue weighted by Crippen LogP contribution is 2.37. The van der Waals surface area contributed by atoms with E-state index < -0.39 is 4.92 Å². The molecule has 0 unspecified atom stereocenters. The van der Waals surface area contributed by atoms with E-state index in [1.807, 2.05) is 0 Å². The van der Waals surface area contributed by atoms with Crippen LogP contribution in [-0.4, -0.2) is 15.2 Å². The van der Waals surface area contributed by atoms with E-state index in [-0.39, 0.29) is 5.69 Å². The SMILES string of the molecule is NNc1ccc([N+](=O)[O-])c(SC2CCCCC2)n1. The zero-order valence-corrected chi connectivity index (χ0v) is 10.8. The Kier molecular flexibility index (Phi) is 4.38. The van der Waals surface area contributed by atoms with Gasteiger partial charge in [0.05, 0.1) is 4.92 Å². The Balaban J connectivity index is 2.19. The first-order valence-electron chi connectivity index (χ1n) is 5.99. The summed E-state index contributed by atoms with van der Waals surface area (Å²) in [6.07, 6.45) is 5.85. The van der Waals surface area contributed by atoms with Crippen LogP contribution in [0.2, 0.25) is 0 Å². The summed E-state index contributed by atoms with van der Waals surface area (Å²) in [5.74, 6) is 5.74. The van der Waals surface area contributed by atoms with Crippen LogP contribution in [0.5, 0.6) is 0 Å². The lowest BCUT2D eigenvalue weighted by molar-refractivity contribution is -0.388. The maximum Gasteiger partial charge on any atom is 0.301 e. The van der Waals surface area contributed by atoms with Gasteiger partial charge in [0.1, 0.15) is 5.82 Å². The molecular formula is C11H16N4O2S. The van der Waals surface area contributed by atoms with Crippen LogP contribution in [0.3, 0.4) is 0 Å². The molecule has 0 spiro atoms. The third-order valence-corrected chi connectivity index (χ3v) is 4.34. The maximum atomic E-state index is 11.0. The van der Waals surface area contributed by atoms with E-state index in [1.54, 1.807) is 0 Å². The van der Waals surface area contributed by atoms with Crippen molar-refractivity contribution < 1.29 is 4.92 Å². The maximum absolute atomic E-state index is 11.0. The fraction of sp³-hybridized carbons (Fsp3) is 0.545. The summed E-state index contributed by atoms with van der Waals surface area (Å²) in [5.41, 5.74) is 2.48. The van der Waals surface area contributed by atoms with Gasteiger partial charge in [-0.3, -0.25) is 10.1 Å². The predicted octanol–water partition coefficient (Wildman–Crippen LogP) is 2.70. The standard InChI is InChI=1S/C11H16N4O2S/c12-14-10-7-6-9(15(16)17)11(13-10)18-8-4-2-1-3-5-8/h6-8H,1-5,12H2,(H,13,14). The first-order valence-corrected chi connectivity index (χ1v) is 6.87. The molecule has 0 aliphatic heterocycles. The predicted molar refractivity (Wildman–Crippen MR) is 71.4 cm³/mol. The van der Waals surface area contributed by atoms with Gasteiger partial charge >= 0.3 is 5.69 Å². The van der Waals surface area contributed by atoms with Gasteiger partial charge in [-0.25, -0.2) is 10.8 Å². The van der Waals surface area contributed by atoms with Crippen LogP contribution in [0.15, 0.2) is 17.2 Å². The molecule has 1 aromatic heterocycles. The lowest BCUT2D eigenvalue weighted by Gasteiger charge is -2.20. The third kappa shape index (κ3) is 3.11. The molecule has 6 nitrogen and oxygen atoms in total. The second-order valence-corrected chi connectivity index (χ2v) is 5.59. The van der Waals surface area contributed by atoms with Gasteiger partial charge in [0, 0.05) is 11.3 Å². The van der Waals surface area contributed by atoms with Crippen LogP contribution in [0.25, 0.3) is 0 Å². The van der Waals surface area contributed by atoms with Gasteiger partial charge in [-0.2, -0.15) is 0 Å². The topological polar surface area (TPSA) is 94.1 Å². The van der Waals surface area contributed by atoms with Crippen molar-refractivity contribution >= 4 is 23.3 Å². The summed E-state index contributed by atoms with van der Waals surface area (Å²) >= 11 is 1.50. The molecule has 1 aliphatic rings. The Labute approximate surface area is 109 Å². The van der Waals surface area contributed by atoms with E-state index in [2.05, 4.69) is 10.4 Å². The Bertz CT molecular complexity index is 435. The molecule has 0 amide bonds. The first-order chi connectivity index (χ1) is 8.70. The molecule has 1 aromatic rings. The fourth-order valence-electron chi connectivity index (χ4n) is 2.08. The largest absolute Gasteiger partial charge is 0.308 e. The number of hydrazine groups is 1. The van der Waals surface area contributed by atoms with Crippen LogP contribution < -0.4 is 11.3 Å². The van der Waals surface area contributed by atoms with Crippen LogP contribution in [0.1, 0.15) is 32.1 Å². The number of thioether (sulfide) groups is 1. The van der Waals surface area contributed by atoms with E-state index in [0.717, 1.165) is 12.8 Å². The summed E-state index contributed by atoms with van der Waals surface area (Å²) in [5, 5.41) is 11.9. The Morgan fingerprint density at radius 3 is 2.72 bits per heavy atom. The molecule has 3 N–H and O–H groups in total. The molecule has 0 atom stereocenters. The summed E-state index contributed by atoms with van der Waals surface area (Å²) < 4.78 is 0. The van der Waals surface area contributed by atoms with E-state index in [1.165, 1.54) is 43.2 Å². The minimum atomic E-state index is -0.390. The average Bonchev–Trinajstić information content (AvgIpc) is 2.39. The number of aromatic nitrogens is 1. The average molecular weight is 268 g/mol. The highest BCUT2D eigenvalue weighted by atomic mass is 32.2. The molecular weight excluding hydrogens is 252 g/mol. The monoisotopic (exact) mass is 268 g/mol. The normalized spacial score (nSPS) is 16.5. The minimum absolute atomic E-state index is 0.0598. The van der Waals surface area contributed by atoms with E-state index >= 15 is 0 Å². The third-order valence-electron chi connectivity index (χ3n) is 3.02. The minimum Gasteiger partial charge on any atom is -0.308 e. The molecule has 7 heteroatoms. The highest BCUT2D eigenvalue weighted by molar-refractivity contribution is 8.00. The summed E-state index contributed by atoms with van der Waals surface area (Å²) in [6.45, 7) is 0. The number of nitrogen functional groups attached to an aromatic ring is 1. The van der Waals surface area contributed by atoms with Gasteiger partial charge in [-0.1, -0.05) is 31.0 Å². The molecule has 2 rings (SSSR count). The lowest BCUT2D eigenvalue weighted by atomic mass is 10.0. The van der Waals surface area contributed by atoms with Crippen molar-refractivity contribution in [3.63, 3.8) is 0 Å². The number of pyridine rings is 1. The van der Waals surface area contributed by atoms with Crippen molar-refractivity contribution in [1.29, 1.82) is 0 Å². The van der Waals surface area contributed by atoms with Crippen molar-refractivity contribution in [1.82, 2.24) is 4.98 Å². The number of nitrogens with zero attached hydrogens (tertiary/aromatic N) is 2. The second kappa shape index (κ2) is 6.01. The zero-order chi connectivity index (χ0) is 13.0. The molecule has 1 fully saturated rings. The van der Waals surface area contributed by atoms with Gasteiger partial charge in [0.15, 0.2) is 5.03 Å². The summed E-state index contributed by atoms with van der Waals surface area (Å²) in [4.78, 5) is 14.8. The number of hydrogen-bond donors (Lipinski definition) is 2. The Morgan fingerprint density at radius 1 is 1.39 bits per heavy atom. The van der Waals surface area contributed by atoms with Crippen LogP contribution in [-0.2, 0) is 0 Å².